The van der Waals surface area contributed by atoms with Gasteiger partial charge in [-0.2, -0.15) is 0 Å². The lowest BCUT2D eigenvalue weighted by atomic mass is 10.1. The van der Waals surface area contributed by atoms with Crippen molar-refractivity contribution in [1.82, 2.24) is 4.90 Å². The van der Waals surface area contributed by atoms with Gasteiger partial charge in [0.1, 0.15) is 13.2 Å². The maximum atomic E-state index is 11.8. The van der Waals surface area contributed by atoms with Gasteiger partial charge in [0, 0.05) is 25.9 Å². The van der Waals surface area contributed by atoms with Gasteiger partial charge >= 0.3 is 11.9 Å². The van der Waals surface area contributed by atoms with Crippen molar-refractivity contribution in [3.63, 3.8) is 0 Å². The summed E-state index contributed by atoms with van der Waals surface area (Å²) in [4.78, 5) is 25.9. The number of hydrogen-bond acceptors (Lipinski definition) is 5. The second kappa shape index (κ2) is 18.0. The monoisotopic (exact) mass is 397 g/mol. The molecule has 0 spiro atoms. The van der Waals surface area contributed by atoms with Gasteiger partial charge in [-0.25, -0.2) is 0 Å². The molecule has 1 rings (SSSR count). The first-order chi connectivity index (χ1) is 13.7. The highest BCUT2D eigenvalue weighted by Gasteiger charge is 2.10. The number of carbonyl (C=O) groups excluding carboxylic acids is 2. The lowest BCUT2D eigenvalue weighted by molar-refractivity contribution is -0.144. The second-order valence-corrected chi connectivity index (χ2v) is 8.03. The Bertz CT molecular complexity index is 374. The van der Waals surface area contributed by atoms with Crippen LogP contribution in [0.25, 0.3) is 0 Å². The first-order valence-electron chi connectivity index (χ1n) is 11.8. The molecule has 0 atom stereocenters. The Balaban J connectivity index is 2.28. The van der Waals surface area contributed by atoms with Crippen LogP contribution >= 0.6 is 0 Å². The van der Waals surface area contributed by atoms with E-state index in [4.69, 9.17) is 9.47 Å². The van der Waals surface area contributed by atoms with Gasteiger partial charge in [-0.15, -0.1) is 0 Å². The van der Waals surface area contributed by atoms with Gasteiger partial charge in [0.25, 0.3) is 0 Å². The molecule has 1 heterocycles. The van der Waals surface area contributed by atoms with Gasteiger partial charge in [-0.3, -0.25) is 14.5 Å². The number of carbonyl (C=O) groups is 2. The molecule has 28 heavy (non-hydrogen) atoms. The minimum atomic E-state index is -0.0782. The lowest BCUT2D eigenvalue weighted by Crippen LogP contribution is -2.33. The molecule has 0 amide bonds. The van der Waals surface area contributed by atoms with E-state index in [1.807, 2.05) is 0 Å². The zero-order valence-corrected chi connectivity index (χ0v) is 18.2. The van der Waals surface area contributed by atoms with E-state index >= 15 is 0 Å². The Kier molecular flexibility index (Phi) is 16.0. The molecule has 164 valence electrons. The molecule has 1 aliphatic heterocycles. The molecule has 1 fully saturated rings. The summed E-state index contributed by atoms with van der Waals surface area (Å²) in [6, 6.07) is 0. The van der Waals surface area contributed by atoms with Crippen LogP contribution in [0.4, 0.5) is 0 Å². The summed E-state index contributed by atoms with van der Waals surface area (Å²) in [5.74, 6) is -0.156. The summed E-state index contributed by atoms with van der Waals surface area (Å²) in [5, 5.41) is 0. The smallest absolute Gasteiger partial charge is 0.305 e. The molecular formula is C23H43NO4. The standard InChI is InChI=1S/C23H43NO4/c1-2-3-4-5-6-7-11-14-17-24-18-20-27-22(25)15-12-9-8-10-13-16-23(26)28-21-19-24/h2-21H2,1H3. The fourth-order valence-corrected chi connectivity index (χ4v) is 3.60. The molecule has 0 aromatic heterocycles. The SMILES string of the molecule is CCCCCCCCCCN1CCOC(=O)CCCCCCCC(=O)OCC1. The van der Waals surface area contributed by atoms with E-state index < -0.39 is 0 Å². The fraction of sp³-hybridized carbons (Fsp3) is 0.913. The van der Waals surface area contributed by atoms with Crippen LogP contribution in [-0.2, 0) is 19.1 Å². The van der Waals surface area contributed by atoms with E-state index in [9.17, 15) is 9.59 Å². The van der Waals surface area contributed by atoms with Gasteiger partial charge in [-0.1, -0.05) is 71.1 Å². The van der Waals surface area contributed by atoms with Crippen LogP contribution in [-0.4, -0.2) is 49.7 Å². The zero-order valence-electron chi connectivity index (χ0n) is 18.2. The van der Waals surface area contributed by atoms with Crippen molar-refractivity contribution >= 4 is 11.9 Å². The first kappa shape index (κ1) is 24.9. The molecule has 0 bridgehead atoms. The summed E-state index contributed by atoms with van der Waals surface area (Å²) in [7, 11) is 0. The molecular weight excluding hydrogens is 354 g/mol. The number of esters is 2. The van der Waals surface area contributed by atoms with Crippen LogP contribution in [0.1, 0.15) is 103 Å². The number of cyclic esters (lactones) is 2. The third-order valence-electron chi connectivity index (χ3n) is 5.43. The van der Waals surface area contributed by atoms with Crippen molar-refractivity contribution in [2.75, 3.05) is 32.8 Å². The highest BCUT2D eigenvalue weighted by atomic mass is 16.5. The maximum absolute atomic E-state index is 11.8. The quantitative estimate of drug-likeness (QED) is 0.392. The van der Waals surface area contributed by atoms with Gasteiger partial charge in [0.2, 0.25) is 0 Å². The summed E-state index contributed by atoms with van der Waals surface area (Å²) < 4.78 is 10.8. The molecule has 0 aromatic rings. The predicted octanol–water partition coefficient (Wildman–Crippen LogP) is 5.26. The third-order valence-corrected chi connectivity index (χ3v) is 5.43. The van der Waals surface area contributed by atoms with E-state index in [0.29, 0.717) is 26.1 Å². The van der Waals surface area contributed by atoms with Crippen molar-refractivity contribution in [2.24, 2.45) is 0 Å². The number of rotatable bonds is 9. The first-order valence-corrected chi connectivity index (χ1v) is 11.8. The lowest BCUT2D eigenvalue weighted by Gasteiger charge is -2.22. The predicted molar refractivity (Wildman–Crippen MR) is 113 cm³/mol. The zero-order chi connectivity index (χ0) is 20.3. The summed E-state index contributed by atoms with van der Waals surface area (Å²) in [6.45, 7) is 5.54. The highest BCUT2D eigenvalue weighted by Crippen LogP contribution is 2.10. The Labute approximate surface area is 172 Å². The number of hydrogen-bond donors (Lipinski definition) is 0. The molecule has 0 radical (unpaired) electrons. The average Bonchev–Trinajstić information content (AvgIpc) is 2.68. The molecule has 1 saturated heterocycles. The van der Waals surface area contributed by atoms with Crippen LogP contribution in [0.3, 0.4) is 0 Å². The van der Waals surface area contributed by atoms with Crippen molar-refractivity contribution in [2.45, 2.75) is 103 Å². The average molecular weight is 398 g/mol. The van der Waals surface area contributed by atoms with Gasteiger partial charge in [0.15, 0.2) is 0 Å². The van der Waals surface area contributed by atoms with Crippen molar-refractivity contribution in [3.05, 3.63) is 0 Å². The fourth-order valence-electron chi connectivity index (χ4n) is 3.60. The van der Waals surface area contributed by atoms with E-state index in [-0.39, 0.29) is 11.9 Å². The van der Waals surface area contributed by atoms with Crippen molar-refractivity contribution in [1.29, 1.82) is 0 Å². The third kappa shape index (κ3) is 14.9. The second-order valence-electron chi connectivity index (χ2n) is 8.03. The maximum Gasteiger partial charge on any atom is 0.305 e. The topological polar surface area (TPSA) is 55.8 Å². The van der Waals surface area contributed by atoms with Crippen LogP contribution in [0, 0.1) is 0 Å². The van der Waals surface area contributed by atoms with Crippen molar-refractivity contribution in [3.8, 4) is 0 Å². The van der Waals surface area contributed by atoms with Gasteiger partial charge in [0.05, 0.1) is 0 Å². The van der Waals surface area contributed by atoms with Crippen LogP contribution in [0.2, 0.25) is 0 Å². The Morgan fingerprint density at radius 2 is 1.14 bits per heavy atom. The molecule has 0 N–H and O–H groups in total. The molecule has 0 aliphatic carbocycles. The van der Waals surface area contributed by atoms with Gasteiger partial charge in [-0.05, 0) is 25.8 Å². The van der Waals surface area contributed by atoms with Gasteiger partial charge < -0.3 is 9.47 Å². The molecule has 0 saturated carbocycles. The number of ether oxygens (including phenoxy) is 2. The Hall–Kier alpha value is -1.10. The molecule has 1 aliphatic rings. The van der Waals surface area contributed by atoms with E-state index in [2.05, 4.69) is 11.8 Å². The molecule has 0 aromatic carbocycles. The minimum Gasteiger partial charge on any atom is -0.464 e. The largest absolute Gasteiger partial charge is 0.464 e. The molecule has 0 unspecified atom stereocenters. The van der Waals surface area contributed by atoms with Crippen LogP contribution in [0.5, 0.6) is 0 Å². The van der Waals surface area contributed by atoms with E-state index in [0.717, 1.165) is 58.2 Å². The van der Waals surface area contributed by atoms with Crippen molar-refractivity contribution < 1.29 is 19.1 Å². The highest BCUT2D eigenvalue weighted by molar-refractivity contribution is 5.69. The molecule has 5 nitrogen and oxygen atoms in total. The molecule has 5 heteroatoms. The number of nitrogens with zero attached hydrogens (tertiary/aromatic N) is 1. The van der Waals surface area contributed by atoms with E-state index in [1.165, 1.54) is 44.9 Å². The number of unbranched alkanes of at least 4 members (excludes halogenated alkanes) is 7. The summed E-state index contributed by atoms with van der Waals surface area (Å²) in [6.07, 6.45) is 16.3. The summed E-state index contributed by atoms with van der Waals surface area (Å²) >= 11 is 0. The van der Waals surface area contributed by atoms with Crippen LogP contribution in [0.15, 0.2) is 0 Å². The van der Waals surface area contributed by atoms with Crippen LogP contribution < -0.4 is 0 Å². The minimum absolute atomic E-state index is 0.0782. The Morgan fingerprint density at radius 3 is 1.68 bits per heavy atom. The summed E-state index contributed by atoms with van der Waals surface area (Å²) in [5.41, 5.74) is 0. The van der Waals surface area contributed by atoms with E-state index in [1.54, 1.807) is 0 Å². The Morgan fingerprint density at radius 1 is 0.679 bits per heavy atom. The normalized spacial score (nSPS) is 19.2.